The minimum atomic E-state index is -3.57. The quantitative estimate of drug-likeness (QED) is 0.525. The van der Waals surface area contributed by atoms with Gasteiger partial charge in [0.25, 0.3) is 10.1 Å². The van der Waals surface area contributed by atoms with Crippen LogP contribution in [0, 0.1) is 0 Å². The zero-order valence-electron chi connectivity index (χ0n) is 8.47. The van der Waals surface area contributed by atoms with Crippen LogP contribution in [0.25, 0.3) is 0 Å². The fourth-order valence-corrected chi connectivity index (χ4v) is 2.51. The molecule has 0 aromatic carbocycles. The smallest absolute Gasteiger partial charge is 0.232 e. The molecule has 1 aliphatic carbocycles. The standard InChI is InChI=1S/C8H14O6S/c1-15(9,10)12-7-8(13-14-11-7)5-3-2-4-6-8/h7H,2-6H2,1H3. The fourth-order valence-electron chi connectivity index (χ4n) is 1.98. The van der Waals surface area contributed by atoms with E-state index in [-0.39, 0.29) is 0 Å². The van der Waals surface area contributed by atoms with Crippen LogP contribution < -0.4 is 0 Å². The Kier molecular flexibility index (Phi) is 3.00. The van der Waals surface area contributed by atoms with Gasteiger partial charge in [0.15, 0.2) is 5.60 Å². The van der Waals surface area contributed by atoms with Crippen LogP contribution in [0.5, 0.6) is 0 Å². The topological polar surface area (TPSA) is 71.1 Å². The molecule has 2 aliphatic rings. The molecule has 7 heteroatoms. The first kappa shape index (κ1) is 11.3. The molecule has 1 atom stereocenters. The molecule has 0 aromatic heterocycles. The van der Waals surface area contributed by atoms with Gasteiger partial charge in [-0.05, 0) is 12.8 Å². The van der Waals surface area contributed by atoms with E-state index in [4.69, 9.17) is 14.0 Å². The van der Waals surface area contributed by atoms with E-state index < -0.39 is 22.0 Å². The van der Waals surface area contributed by atoms with E-state index in [1.54, 1.807) is 0 Å². The first-order valence-corrected chi connectivity index (χ1v) is 6.73. The number of hydrogen-bond acceptors (Lipinski definition) is 6. The molecule has 88 valence electrons. The van der Waals surface area contributed by atoms with Gasteiger partial charge in [-0.15, -0.1) is 0 Å². The third-order valence-electron chi connectivity index (χ3n) is 2.72. The second-order valence-electron chi connectivity index (χ2n) is 4.01. The van der Waals surface area contributed by atoms with Crippen LogP contribution in [0.2, 0.25) is 0 Å². The van der Waals surface area contributed by atoms with Gasteiger partial charge in [-0.2, -0.15) is 18.2 Å². The van der Waals surface area contributed by atoms with E-state index in [0.29, 0.717) is 12.8 Å². The molecule has 1 aliphatic heterocycles. The van der Waals surface area contributed by atoms with Crippen molar-refractivity contribution >= 4 is 10.1 Å². The molecule has 1 heterocycles. The minimum absolute atomic E-state index is 0.688. The third-order valence-corrected chi connectivity index (χ3v) is 3.24. The summed E-state index contributed by atoms with van der Waals surface area (Å²) in [6.07, 6.45) is 4.39. The molecule has 1 saturated heterocycles. The second kappa shape index (κ2) is 3.99. The second-order valence-corrected chi connectivity index (χ2v) is 5.61. The Hall–Kier alpha value is -0.210. The van der Waals surface area contributed by atoms with Crippen LogP contribution in [0.15, 0.2) is 0 Å². The van der Waals surface area contributed by atoms with Crippen molar-refractivity contribution in [1.82, 2.24) is 0 Å². The van der Waals surface area contributed by atoms with E-state index in [1.807, 2.05) is 0 Å². The molecule has 1 unspecified atom stereocenters. The van der Waals surface area contributed by atoms with Crippen LogP contribution in [0.1, 0.15) is 32.1 Å². The van der Waals surface area contributed by atoms with Crippen molar-refractivity contribution in [2.75, 3.05) is 6.26 Å². The summed E-state index contributed by atoms with van der Waals surface area (Å²) in [5, 5.41) is 4.41. The largest absolute Gasteiger partial charge is 0.267 e. The normalized spacial score (nSPS) is 30.9. The summed E-state index contributed by atoms with van der Waals surface area (Å²) < 4.78 is 26.8. The molecular weight excluding hydrogens is 224 g/mol. The Bertz CT molecular complexity index is 318. The molecule has 0 N–H and O–H groups in total. The molecule has 1 saturated carbocycles. The first-order chi connectivity index (χ1) is 7.02. The van der Waals surface area contributed by atoms with Crippen LogP contribution in [-0.2, 0) is 29.1 Å². The zero-order valence-corrected chi connectivity index (χ0v) is 9.29. The highest BCUT2D eigenvalue weighted by molar-refractivity contribution is 7.86. The van der Waals surface area contributed by atoms with Crippen molar-refractivity contribution in [3.05, 3.63) is 0 Å². The summed E-state index contributed by atoms with van der Waals surface area (Å²) in [6.45, 7) is 0. The van der Waals surface area contributed by atoms with Gasteiger partial charge in [0.1, 0.15) is 0 Å². The SMILES string of the molecule is CS(=O)(=O)OC1OOOC12CCCCC2. The summed E-state index contributed by atoms with van der Waals surface area (Å²) in [7, 11) is -3.57. The van der Waals surface area contributed by atoms with Crippen LogP contribution in [0.4, 0.5) is 0 Å². The lowest BCUT2D eigenvalue weighted by molar-refractivity contribution is -0.480. The summed E-state index contributed by atoms with van der Waals surface area (Å²) >= 11 is 0. The Morgan fingerprint density at radius 3 is 2.53 bits per heavy atom. The molecule has 0 radical (unpaired) electrons. The Labute approximate surface area is 88.4 Å². The van der Waals surface area contributed by atoms with Crippen molar-refractivity contribution in [3.63, 3.8) is 0 Å². The monoisotopic (exact) mass is 238 g/mol. The fraction of sp³-hybridized carbons (Fsp3) is 1.00. The van der Waals surface area contributed by atoms with E-state index in [2.05, 4.69) is 5.04 Å². The van der Waals surface area contributed by atoms with Gasteiger partial charge >= 0.3 is 0 Å². The van der Waals surface area contributed by atoms with Crippen molar-refractivity contribution in [2.45, 2.75) is 44.0 Å². The molecule has 0 aromatic rings. The van der Waals surface area contributed by atoms with Gasteiger partial charge in [0, 0.05) is 0 Å². The van der Waals surface area contributed by atoms with Gasteiger partial charge in [0.05, 0.1) is 6.26 Å². The van der Waals surface area contributed by atoms with Crippen molar-refractivity contribution in [1.29, 1.82) is 0 Å². The molecule has 2 fully saturated rings. The minimum Gasteiger partial charge on any atom is -0.232 e. The Morgan fingerprint density at radius 2 is 1.93 bits per heavy atom. The van der Waals surface area contributed by atoms with Gasteiger partial charge in [0.2, 0.25) is 6.29 Å². The van der Waals surface area contributed by atoms with E-state index in [1.165, 1.54) is 0 Å². The third kappa shape index (κ3) is 2.48. The predicted molar refractivity (Wildman–Crippen MR) is 48.8 cm³/mol. The molecule has 1 spiro atoms. The van der Waals surface area contributed by atoms with Gasteiger partial charge in [-0.3, -0.25) is 0 Å². The number of hydrogen-bond donors (Lipinski definition) is 0. The van der Waals surface area contributed by atoms with E-state index in [9.17, 15) is 8.42 Å². The molecule has 0 amide bonds. The highest BCUT2D eigenvalue weighted by Crippen LogP contribution is 2.40. The molecule has 2 rings (SSSR count). The number of rotatable bonds is 2. The maximum absolute atomic E-state index is 11.0. The van der Waals surface area contributed by atoms with Crippen LogP contribution in [0.3, 0.4) is 0 Å². The van der Waals surface area contributed by atoms with E-state index >= 15 is 0 Å². The summed E-state index contributed by atoms with van der Waals surface area (Å²) in [6, 6.07) is 0. The van der Waals surface area contributed by atoms with Gasteiger partial charge < -0.3 is 0 Å². The van der Waals surface area contributed by atoms with Crippen molar-refractivity contribution in [3.8, 4) is 0 Å². The highest BCUT2D eigenvalue weighted by atomic mass is 32.2. The first-order valence-electron chi connectivity index (χ1n) is 4.91. The van der Waals surface area contributed by atoms with Crippen LogP contribution >= 0.6 is 0 Å². The molecular formula is C8H14O6S. The summed E-state index contributed by atoms with van der Waals surface area (Å²) in [4.78, 5) is 9.73. The summed E-state index contributed by atoms with van der Waals surface area (Å²) in [5.74, 6) is 0. The van der Waals surface area contributed by atoms with Crippen molar-refractivity contribution < 1.29 is 27.4 Å². The lowest BCUT2D eigenvalue weighted by Gasteiger charge is -2.31. The van der Waals surface area contributed by atoms with Crippen molar-refractivity contribution in [2.24, 2.45) is 0 Å². The Balaban J connectivity index is 2.10. The maximum atomic E-state index is 11.0. The predicted octanol–water partition coefficient (Wildman–Crippen LogP) is 0.885. The van der Waals surface area contributed by atoms with Crippen LogP contribution in [-0.4, -0.2) is 26.6 Å². The zero-order chi connectivity index (χ0) is 10.9. The van der Waals surface area contributed by atoms with Gasteiger partial charge in [-0.1, -0.05) is 24.3 Å². The lowest BCUT2D eigenvalue weighted by Crippen LogP contribution is -2.44. The average molecular weight is 238 g/mol. The van der Waals surface area contributed by atoms with Gasteiger partial charge in [-0.25, -0.2) is 4.18 Å². The van der Waals surface area contributed by atoms with E-state index in [0.717, 1.165) is 25.5 Å². The average Bonchev–Trinajstić information content (AvgIpc) is 2.48. The Morgan fingerprint density at radius 1 is 1.27 bits per heavy atom. The highest BCUT2D eigenvalue weighted by Gasteiger charge is 2.51. The lowest BCUT2D eigenvalue weighted by atomic mass is 9.84. The molecule has 0 bridgehead atoms. The molecule has 6 nitrogen and oxygen atoms in total. The maximum Gasteiger partial charge on any atom is 0.267 e. The molecule has 15 heavy (non-hydrogen) atoms. The summed E-state index contributed by atoms with van der Waals surface area (Å²) in [5.41, 5.74) is -0.749.